The van der Waals surface area contributed by atoms with Crippen LogP contribution in [0.15, 0.2) is 35.1 Å². The topological polar surface area (TPSA) is 94.0 Å². The van der Waals surface area contributed by atoms with Crippen molar-refractivity contribution in [1.29, 1.82) is 0 Å². The SMILES string of the molecule is COc1ccc(OC)c(-c2ccc(=O)n(CC(=O)N3CCN(C(C)=O)CC3)n2)c1. The summed E-state index contributed by atoms with van der Waals surface area (Å²) in [5.41, 5.74) is 0.781. The van der Waals surface area contributed by atoms with Gasteiger partial charge in [0.25, 0.3) is 5.56 Å². The van der Waals surface area contributed by atoms with E-state index in [1.54, 1.807) is 48.3 Å². The summed E-state index contributed by atoms with van der Waals surface area (Å²) in [4.78, 5) is 39.7. The average molecular weight is 400 g/mol. The first kappa shape index (κ1) is 20.4. The molecule has 0 saturated carbocycles. The third-order valence-corrected chi connectivity index (χ3v) is 4.91. The van der Waals surface area contributed by atoms with E-state index < -0.39 is 0 Å². The molecule has 0 atom stereocenters. The molecule has 0 unspecified atom stereocenters. The van der Waals surface area contributed by atoms with Gasteiger partial charge in [-0.1, -0.05) is 0 Å². The Morgan fingerprint density at radius 3 is 2.31 bits per heavy atom. The fourth-order valence-electron chi connectivity index (χ4n) is 3.22. The lowest BCUT2D eigenvalue weighted by atomic mass is 10.1. The zero-order chi connectivity index (χ0) is 21.0. The number of methoxy groups -OCH3 is 2. The van der Waals surface area contributed by atoms with Crippen molar-refractivity contribution in [2.45, 2.75) is 13.5 Å². The van der Waals surface area contributed by atoms with Crippen molar-refractivity contribution in [2.75, 3.05) is 40.4 Å². The van der Waals surface area contributed by atoms with Crippen molar-refractivity contribution in [1.82, 2.24) is 19.6 Å². The van der Waals surface area contributed by atoms with Gasteiger partial charge in [-0.25, -0.2) is 4.68 Å². The van der Waals surface area contributed by atoms with Crippen LogP contribution in [0.25, 0.3) is 11.3 Å². The Labute approximate surface area is 168 Å². The zero-order valence-electron chi connectivity index (χ0n) is 16.8. The number of carbonyl (C=O) groups excluding carboxylic acids is 2. The molecule has 0 N–H and O–H groups in total. The number of aromatic nitrogens is 2. The summed E-state index contributed by atoms with van der Waals surface area (Å²) in [5, 5.41) is 4.36. The van der Waals surface area contributed by atoms with E-state index in [9.17, 15) is 14.4 Å². The van der Waals surface area contributed by atoms with E-state index >= 15 is 0 Å². The van der Waals surface area contributed by atoms with Crippen LogP contribution in [0.3, 0.4) is 0 Å². The smallest absolute Gasteiger partial charge is 0.267 e. The second-order valence-corrected chi connectivity index (χ2v) is 6.67. The summed E-state index contributed by atoms with van der Waals surface area (Å²) in [7, 11) is 3.11. The summed E-state index contributed by atoms with van der Waals surface area (Å²) in [6.07, 6.45) is 0. The highest BCUT2D eigenvalue weighted by atomic mass is 16.5. The van der Waals surface area contributed by atoms with Gasteiger partial charge in [0, 0.05) is 44.7 Å². The summed E-state index contributed by atoms with van der Waals surface area (Å²) in [6, 6.07) is 8.25. The number of hydrogen-bond acceptors (Lipinski definition) is 6. The minimum absolute atomic E-state index is 0.00470. The Bertz CT molecular complexity index is 964. The average Bonchev–Trinajstić information content (AvgIpc) is 2.74. The quantitative estimate of drug-likeness (QED) is 0.730. The molecule has 1 aromatic heterocycles. The van der Waals surface area contributed by atoms with Gasteiger partial charge in [0.1, 0.15) is 18.0 Å². The van der Waals surface area contributed by atoms with E-state index in [2.05, 4.69) is 5.10 Å². The molecule has 1 aliphatic rings. The van der Waals surface area contributed by atoms with E-state index in [-0.39, 0.29) is 23.9 Å². The molecule has 0 bridgehead atoms. The number of ether oxygens (including phenoxy) is 2. The Balaban J connectivity index is 1.81. The van der Waals surface area contributed by atoms with Crippen molar-refractivity contribution >= 4 is 11.8 Å². The van der Waals surface area contributed by atoms with Gasteiger partial charge < -0.3 is 19.3 Å². The Kier molecular flexibility index (Phi) is 6.16. The molecular formula is C20H24N4O5. The number of benzene rings is 1. The highest BCUT2D eigenvalue weighted by molar-refractivity contribution is 5.77. The molecule has 0 radical (unpaired) electrons. The normalized spacial score (nSPS) is 13.9. The predicted molar refractivity (Wildman–Crippen MR) is 106 cm³/mol. The molecule has 9 nitrogen and oxygen atoms in total. The lowest BCUT2D eigenvalue weighted by Gasteiger charge is -2.34. The van der Waals surface area contributed by atoms with Gasteiger partial charge in [-0.2, -0.15) is 5.10 Å². The first-order chi connectivity index (χ1) is 13.9. The number of amides is 2. The molecule has 29 heavy (non-hydrogen) atoms. The zero-order valence-corrected chi connectivity index (χ0v) is 16.8. The predicted octanol–water partition coefficient (Wildman–Crippen LogP) is 0.618. The first-order valence-corrected chi connectivity index (χ1v) is 9.26. The van der Waals surface area contributed by atoms with Crippen LogP contribution >= 0.6 is 0 Å². The maximum Gasteiger partial charge on any atom is 0.267 e. The van der Waals surface area contributed by atoms with Gasteiger partial charge >= 0.3 is 0 Å². The molecule has 2 heterocycles. The van der Waals surface area contributed by atoms with E-state index in [0.717, 1.165) is 4.68 Å². The number of hydrogen-bond donors (Lipinski definition) is 0. The van der Waals surface area contributed by atoms with Gasteiger partial charge in [-0.15, -0.1) is 0 Å². The molecular weight excluding hydrogens is 376 g/mol. The fraction of sp³-hybridized carbons (Fsp3) is 0.400. The maximum atomic E-state index is 12.6. The molecule has 0 aliphatic carbocycles. The molecule has 1 aliphatic heterocycles. The van der Waals surface area contributed by atoms with Crippen LogP contribution < -0.4 is 15.0 Å². The lowest BCUT2D eigenvalue weighted by molar-refractivity contribution is -0.139. The molecule has 0 spiro atoms. The van der Waals surface area contributed by atoms with Crippen molar-refractivity contribution in [3.05, 3.63) is 40.7 Å². The molecule has 1 aromatic carbocycles. The molecule has 2 amide bonds. The van der Waals surface area contributed by atoms with E-state index in [0.29, 0.717) is 48.9 Å². The monoisotopic (exact) mass is 400 g/mol. The fourth-order valence-corrected chi connectivity index (χ4v) is 3.22. The van der Waals surface area contributed by atoms with Gasteiger partial charge in [0.05, 0.1) is 19.9 Å². The van der Waals surface area contributed by atoms with Gasteiger partial charge in [-0.3, -0.25) is 14.4 Å². The molecule has 3 rings (SSSR count). The lowest BCUT2D eigenvalue weighted by Crippen LogP contribution is -2.51. The van der Waals surface area contributed by atoms with E-state index in [1.165, 1.54) is 13.0 Å². The molecule has 1 saturated heterocycles. The van der Waals surface area contributed by atoms with Crippen LogP contribution in [0.4, 0.5) is 0 Å². The summed E-state index contributed by atoms with van der Waals surface area (Å²) in [6.45, 7) is 3.21. The third-order valence-electron chi connectivity index (χ3n) is 4.91. The van der Waals surface area contributed by atoms with Crippen molar-refractivity contribution in [2.24, 2.45) is 0 Å². The highest BCUT2D eigenvalue weighted by Crippen LogP contribution is 2.31. The second-order valence-electron chi connectivity index (χ2n) is 6.67. The van der Waals surface area contributed by atoms with Crippen LogP contribution in [-0.2, 0) is 16.1 Å². The van der Waals surface area contributed by atoms with Gasteiger partial charge in [0.15, 0.2) is 0 Å². The molecule has 9 heteroatoms. The van der Waals surface area contributed by atoms with Crippen molar-refractivity contribution < 1.29 is 19.1 Å². The largest absolute Gasteiger partial charge is 0.497 e. The number of piperazine rings is 1. The molecule has 1 fully saturated rings. The minimum Gasteiger partial charge on any atom is -0.497 e. The summed E-state index contributed by atoms with van der Waals surface area (Å²) < 4.78 is 11.8. The maximum absolute atomic E-state index is 12.6. The second kappa shape index (κ2) is 8.76. The van der Waals surface area contributed by atoms with Gasteiger partial charge in [-0.05, 0) is 24.3 Å². The Morgan fingerprint density at radius 2 is 1.69 bits per heavy atom. The Hall–Kier alpha value is -3.36. The van der Waals surface area contributed by atoms with Crippen molar-refractivity contribution in [3.8, 4) is 22.8 Å². The molecule has 154 valence electrons. The first-order valence-electron chi connectivity index (χ1n) is 9.26. The number of rotatable bonds is 5. The van der Waals surface area contributed by atoms with Crippen LogP contribution in [0, 0.1) is 0 Å². The van der Waals surface area contributed by atoms with Gasteiger partial charge in [0.2, 0.25) is 11.8 Å². The van der Waals surface area contributed by atoms with Crippen LogP contribution in [0.5, 0.6) is 11.5 Å². The summed E-state index contributed by atoms with van der Waals surface area (Å²) in [5.74, 6) is 0.988. The van der Waals surface area contributed by atoms with E-state index in [4.69, 9.17) is 9.47 Å². The van der Waals surface area contributed by atoms with Crippen molar-refractivity contribution in [3.63, 3.8) is 0 Å². The number of carbonyl (C=O) groups is 2. The summed E-state index contributed by atoms with van der Waals surface area (Å²) >= 11 is 0. The highest BCUT2D eigenvalue weighted by Gasteiger charge is 2.23. The van der Waals surface area contributed by atoms with Crippen LogP contribution in [-0.4, -0.2) is 71.8 Å². The minimum atomic E-state index is -0.369. The molecule has 2 aromatic rings. The van der Waals surface area contributed by atoms with E-state index in [1.807, 2.05) is 0 Å². The van der Waals surface area contributed by atoms with Crippen LogP contribution in [0.2, 0.25) is 0 Å². The Morgan fingerprint density at radius 1 is 1.00 bits per heavy atom. The standard InChI is InChI=1S/C20H24N4O5/c1-14(25)22-8-10-23(11-9-22)20(27)13-24-19(26)7-5-17(21-24)16-12-15(28-2)4-6-18(16)29-3/h4-7,12H,8-11,13H2,1-3H3. The van der Waals surface area contributed by atoms with Crippen LogP contribution in [0.1, 0.15) is 6.92 Å². The third kappa shape index (κ3) is 4.56. The number of nitrogens with zero attached hydrogens (tertiary/aromatic N) is 4.